The zero-order valence-corrected chi connectivity index (χ0v) is 9.96. The largest absolute Gasteiger partial charge is 0.480 e. The first-order valence-corrected chi connectivity index (χ1v) is 6.29. The molecule has 1 aromatic heterocycles. The van der Waals surface area contributed by atoms with E-state index in [1.165, 1.54) is 10.9 Å². The van der Waals surface area contributed by atoms with Crippen LogP contribution in [0.5, 0.6) is 0 Å². The number of nitrogens with zero attached hydrogens (tertiary/aromatic N) is 4. The molecule has 8 nitrogen and oxygen atoms in total. The third-order valence-corrected chi connectivity index (χ3v) is 4.36. The molecule has 0 amide bonds. The number of carbonyl (C=O) groups is 1. The van der Waals surface area contributed by atoms with Crippen LogP contribution in [0.25, 0.3) is 0 Å². The quantitative estimate of drug-likeness (QED) is 0.742. The van der Waals surface area contributed by atoms with Gasteiger partial charge in [0, 0.05) is 26.3 Å². The van der Waals surface area contributed by atoms with Gasteiger partial charge in [0.1, 0.15) is 6.54 Å². The first kappa shape index (κ1) is 11.9. The highest BCUT2D eigenvalue weighted by molar-refractivity contribution is 7.90. The molecule has 0 unspecified atom stereocenters. The van der Waals surface area contributed by atoms with E-state index in [0.717, 1.165) is 8.61 Å². The van der Waals surface area contributed by atoms with Gasteiger partial charge in [0.15, 0.2) is 0 Å². The van der Waals surface area contributed by atoms with Gasteiger partial charge in [0.2, 0.25) is 0 Å². The molecule has 0 spiro atoms. The van der Waals surface area contributed by atoms with E-state index in [1.807, 2.05) is 0 Å². The Hall–Kier alpha value is -1.61. The van der Waals surface area contributed by atoms with Crippen molar-refractivity contribution < 1.29 is 18.3 Å². The molecule has 17 heavy (non-hydrogen) atoms. The Balaban J connectivity index is 2.26. The Bertz CT molecular complexity index is 537. The van der Waals surface area contributed by atoms with Gasteiger partial charge in [-0.15, -0.1) is 0 Å². The second-order valence-corrected chi connectivity index (χ2v) is 5.53. The lowest BCUT2D eigenvalue weighted by molar-refractivity contribution is -0.137. The number of anilines is 1. The van der Waals surface area contributed by atoms with Crippen LogP contribution in [0, 0.1) is 0 Å². The van der Waals surface area contributed by atoms with Gasteiger partial charge >= 0.3 is 16.2 Å². The molecular weight excluding hydrogens is 248 g/mol. The fraction of sp³-hybridized carbons (Fsp3) is 0.500. The normalized spacial score (nSPS) is 19.7. The molecule has 0 atom stereocenters. The van der Waals surface area contributed by atoms with Crippen LogP contribution >= 0.6 is 0 Å². The molecule has 1 aromatic rings. The molecule has 1 saturated heterocycles. The summed E-state index contributed by atoms with van der Waals surface area (Å²) in [6, 6.07) is 0. The van der Waals surface area contributed by atoms with Crippen LogP contribution in [-0.2, 0) is 22.1 Å². The number of hydrogen-bond acceptors (Lipinski definition) is 4. The molecule has 0 bridgehead atoms. The minimum absolute atomic E-state index is 0.170. The van der Waals surface area contributed by atoms with Gasteiger partial charge in [-0.2, -0.15) is 17.8 Å². The van der Waals surface area contributed by atoms with Crippen molar-refractivity contribution in [3.8, 4) is 0 Å². The van der Waals surface area contributed by atoms with Crippen molar-refractivity contribution in [1.29, 1.82) is 0 Å². The number of aliphatic carboxylic acids is 1. The number of aryl methyl sites for hydroxylation is 1. The number of carboxylic acids is 1. The summed E-state index contributed by atoms with van der Waals surface area (Å²) in [6.45, 7) is -0.107. The summed E-state index contributed by atoms with van der Waals surface area (Å²) in [5, 5.41) is 12.5. The van der Waals surface area contributed by atoms with E-state index in [9.17, 15) is 13.2 Å². The number of carboxylic acid groups (broad SMARTS) is 1. The van der Waals surface area contributed by atoms with E-state index in [2.05, 4.69) is 5.10 Å². The molecule has 0 radical (unpaired) electrons. The van der Waals surface area contributed by atoms with Crippen molar-refractivity contribution in [2.24, 2.45) is 7.05 Å². The minimum Gasteiger partial charge on any atom is -0.480 e. The van der Waals surface area contributed by atoms with Crippen LogP contribution in [0.2, 0.25) is 0 Å². The maximum atomic E-state index is 12.0. The van der Waals surface area contributed by atoms with Crippen LogP contribution in [-0.4, -0.2) is 53.2 Å². The van der Waals surface area contributed by atoms with Crippen molar-refractivity contribution in [3.05, 3.63) is 12.4 Å². The van der Waals surface area contributed by atoms with Gasteiger partial charge in [0.05, 0.1) is 11.9 Å². The average Bonchev–Trinajstić information content (AvgIpc) is 2.72. The van der Waals surface area contributed by atoms with E-state index in [1.54, 1.807) is 13.2 Å². The Morgan fingerprint density at radius 2 is 2.24 bits per heavy atom. The van der Waals surface area contributed by atoms with Gasteiger partial charge in [-0.25, -0.2) is 0 Å². The van der Waals surface area contributed by atoms with E-state index < -0.39 is 22.7 Å². The van der Waals surface area contributed by atoms with Crippen LogP contribution in [0.15, 0.2) is 12.4 Å². The second-order valence-electron chi connectivity index (χ2n) is 3.68. The van der Waals surface area contributed by atoms with Crippen molar-refractivity contribution in [2.75, 3.05) is 23.9 Å². The van der Waals surface area contributed by atoms with Gasteiger partial charge in [0.25, 0.3) is 0 Å². The number of hydrogen-bond donors (Lipinski definition) is 1. The fourth-order valence-electron chi connectivity index (χ4n) is 1.68. The minimum atomic E-state index is -3.73. The van der Waals surface area contributed by atoms with E-state index in [4.69, 9.17) is 5.11 Å². The first-order chi connectivity index (χ1) is 7.91. The molecule has 9 heteroatoms. The molecular formula is C8H12N4O4S. The number of aromatic nitrogens is 2. The molecule has 2 heterocycles. The van der Waals surface area contributed by atoms with Crippen molar-refractivity contribution in [3.63, 3.8) is 0 Å². The Morgan fingerprint density at radius 1 is 1.53 bits per heavy atom. The second kappa shape index (κ2) is 4.00. The summed E-state index contributed by atoms with van der Waals surface area (Å²) in [5.74, 6) is -1.17. The van der Waals surface area contributed by atoms with E-state index >= 15 is 0 Å². The van der Waals surface area contributed by atoms with E-state index in [0.29, 0.717) is 5.69 Å². The SMILES string of the molecule is Cn1cc(N2CCN(CC(=O)O)S2(=O)=O)cn1. The first-order valence-electron chi connectivity index (χ1n) is 4.89. The van der Waals surface area contributed by atoms with Crippen molar-refractivity contribution in [2.45, 2.75) is 0 Å². The Labute approximate surface area is 98.2 Å². The monoisotopic (exact) mass is 260 g/mol. The summed E-state index contributed by atoms with van der Waals surface area (Å²) in [4.78, 5) is 10.5. The predicted molar refractivity (Wildman–Crippen MR) is 58.7 cm³/mol. The Kier molecular flexibility index (Phi) is 2.79. The van der Waals surface area contributed by atoms with Crippen LogP contribution < -0.4 is 4.31 Å². The molecule has 1 fully saturated rings. The smallest absolute Gasteiger partial charge is 0.318 e. The summed E-state index contributed by atoms with van der Waals surface area (Å²) in [6.07, 6.45) is 3.00. The van der Waals surface area contributed by atoms with Gasteiger partial charge < -0.3 is 5.11 Å². The lowest BCUT2D eigenvalue weighted by Gasteiger charge is -2.16. The standard InChI is InChI=1S/C8H12N4O4S/c1-10-5-7(4-9-10)12-3-2-11(6-8(13)14)17(12,15)16/h4-5H,2-3,6H2,1H3,(H,13,14). The molecule has 1 aliphatic heterocycles. The lowest BCUT2D eigenvalue weighted by atomic mass is 10.5. The van der Waals surface area contributed by atoms with Crippen LogP contribution in [0.3, 0.4) is 0 Å². The van der Waals surface area contributed by atoms with E-state index in [-0.39, 0.29) is 13.1 Å². The van der Waals surface area contributed by atoms with Crippen molar-refractivity contribution in [1.82, 2.24) is 14.1 Å². The summed E-state index contributed by atoms with van der Waals surface area (Å²) < 4.78 is 27.6. The predicted octanol–water partition coefficient (Wildman–Crippen LogP) is -1.13. The van der Waals surface area contributed by atoms with Crippen LogP contribution in [0.4, 0.5) is 5.69 Å². The summed E-state index contributed by atoms with van der Waals surface area (Å²) in [5.41, 5.74) is 0.445. The van der Waals surface area contributed by atoms with Crippen LogP contribution in [0.1, 0.15) is 0 Å². The summed E-state index contributed by atoms with van der Waals surface area (Å²) >= 11 is 0. The van der Waals surface area contributed by atoms with Crippen molar-refractivity contribution >= 4 is 21.9 Å². The average molecular weight is 260 g/mol. The molecule has 94 valence electrons. The third-order valence-electron chi connectivity index (χ3n) is 2.45. The maximum Gasteiger partial charge on any atom is 0.318 e. The molecule has 1 N–H and O–H groups in total. The highest BCUT2D eigenvalue weighted by Gasteiger charge is 2.38. The van der Waals surface area contributed by atoms with Gasteiger partial charge in [-0.3, -0.25) is 13.8 Å². The van der Waals surface area contributed by atoms with Gasteiger partial charge in [-0.1, -0.05) is 0 Å². The topological polar surface area (TPSA) is 95.7 Å². The third kappa shape index (κ3) is 2.11. The number of rotatable bonds is 3. The molecule has 0 aromatic carbocycles. The molecule has 0 aliphatic carbocycles. The van der Waals surface area contributed by atoms with Gasteiger partial charge in [-0.05, 0) is 0 Å². The summed E-state index contributed by atoms with van der Waals surface area (Å²) in [7, 11) is -2.05. The highest BCUT2D eigenvalue weighted by atomic mass is 32.2. The molecule has 1 aliphatic rings. The maximum absolute atomic E-state index is 12.0. The zero-order chi connectivity index (χ0) is 12.6. The lowest BCUT2D eigenvalue weighted by Crippen LogP contribution is -2.36. The molecule has 2 rings (SSSR count). The Morgan fingerprint density at radius 3 is 2.76 bits per heavy atom. The zero-order valence-electron chi connectivity index (χ0n) is 9.15. The highest BCUT2D eigenvalue weighted by Crippen LogP contribution is 2.23. The molecule has 0 saturated carbocycles. The fourth-order valence-corrected chi connectivity index (χ4v) is 3.22.